The number of thiocarbonyl (C=S) groups is 1. The Bertz CT molecular complexity index is 816. The molecule has 1 aromatic rings. The van der Waals surface area contributed by atoms with E-state index in [9.17, 15) is 13.2 Å². The topological polar surface area (TPSA) is 63.7 Å². The summed E-state index contributed by atoms with van der Waals surface area (Å²) in [5.41, 5.74) is 0.805. The van der Waals surface area contributed by atoms with E-state index in [1.165, 1.54) is 16.7 Å². The average molecular weight is 384 g/mol. The quantitative estimate of drug-likeness (QED) is 0.588. The minimum Gasteiger partial charge on any atom is -0.493 e. The van der Waals surface area contributed by atoms with Gasteiger partial charge in [-0.25, -0.2) is 8.42 Å². The van der Waals surface area contributed by atoms with Crippen LogP contribution in [-0.4, -0.2) is 47.7 Å². The van der Waals surface area contributed by atoms with E-state index >= 15 is 0 Å². The predicted octanol–water partition coefficient (Wildman–Crippen LogP) is 2.47. The van der Waals surface area contributed by atoms with Crippen molar-refractivity contribution in [1.82, 2.24) is 4.90 Å². The molecule has 0 radical (unpaired) electrons. The van der Waals surface area contributed by atoms with Crippen LogP contribution in [0.5, 0.6) is 5.75 Å². The summed E-state index contributed by atoms with van der Waals surface area (Å²) in [6, 6.07) is 7.11. The molecule has 0 aliphatic carbocycles. The smallest absolute Gasteiger partial charge is 0.266 e. The summed E-state index contributed by atoms with van der Waals surface area (Å²) < 4.78 is 29.4. The van der Waals surface area contributed by atoms with Gasteiger partial charge in [0.1, 0.15) is 10.1 Å². The molecule has 0 spiro atoms. The first kappa shape index (κ1) is 17.4. The van der Waals surface area contributed by atoms with Gasteiger partial charge in [-0.2, -0.15) is 0 Å². The number of nitrogens with zero attached hydrogens (tertiary/aromatic N) is 1. The number of thioether (sulfide) groups is 1. The number of rotatable bonds is 4. The van der Waals surface area contributed by atoms with Crippen molar-refractivity contribution in [3.8, 4) is 5.75 Å². The van der Waals surface area contributed by atoms with E-state index in [4.69, 9.17) is 17.0 Å². The molecule has 2 aliphatic heterocycles. The number of hydrogen-bond donors (Lipinski definition) is 0. The molecule has 0 unspecified atom stereocenters. The number of amides is 1. The Kier molecular flexibility index (Phi) is 4.98. The van der Waals surface area contributed by atoms with Crippen molar-refractivity contribution in [3.05, 3.63) is 34.7 Å². The summed E-state index contributed by atoms with van der Waals surface area (Å²) >= 11 is 6.52. The molecule has 1 atom stereocenters. The second-order valence-corrected chi connectivity index (χ2v) is 9.48. The van der Waals surface area contributed by atoms with Gasteiger partial charge in [-0.3, -0.25) is 9.69 Å². The standard InChI is InChI=1S/C16H17NO4S3/c1-2-21-13-6-4-3-5-11(13)9-14-15(18)17(16(22)23-14)12-7-8-24(19,20)10-12/h3-6,9,12H,2,7-8,10H2,1H3/b14-9-/t12-/m0/s1. The van der Waals surface area contributed by atoms with Gasteiger partial charge in [0.05, 0.1) is 29.1 Å². The molecule has 24 heavy (non-hydrogen) atoms. The lowest BCUT2D eigenvalue weighted by atomic mass is 10.1. The number of ether oxygens (including phenoxy) is 1. The molecule has 2 saturated heterocycles. The maximum Gasteiger partial charge on any atom is 0.266 e. The molecule has 2 fully saturated rings. The van der Waals surface area contributed by atoms with E-state index in [2.05, 4.69) is 0 Å². The van der Waals surface area contributed by atoms with E-state index in [1.54, 1.807) is 6.08 Å². The van der Waals surface area contributed by atoms with Gasteiger partial charge in [0.2, 0.25) is 0 Å². The number of carbonyl (C=O) groups is 1. The second kappa shape index (κ2) is 6.85. The maximum atomic E-state index is 12.7. The number of benzene rings is 1. The summed E-state index contributed by atoms with van der Waals surface area (Å²) in [7, 11) is -3.07. The Hall–Kier alpha value is -1.38. The number of sulfone groups is 1. The van der Waals surface area contributed by atoms with Gasteiger partial charge >= 0.3 is 0 Å². The molecule has 1 amide bonds. The molecule has 3 rings (SSSR count). The van der Waals surface area contributed by atoms with E-state index in [0.717, 1.165) is 5.56 Å². The molecule has 0 aromatic heterocycles. The summed E-state index contributed by atoms with van der Waals surface area (Å²) in [4.78, 5) is 14.7. The van der Waals surface area contributed by atoms with E-state index < -0.39 is 9.84 Å². The van der Waals surface area contributed by atoms with E-state index in [0.29, 0.717) is 28.0 Å². The minimum atomic E-state index is -3.07. The predicted molar refractivity (Wildman–Crippen MR) is 99.7 cm³/mol. The van der Waals surface area contributed by atoms with Crippen molar-refractivity contribution in [2.75, 3.05) is 18.1 Å². The van der Waals surface area contributed by atoms with E-state index in [1.807, 2.05) is 31.2 Å². The highest BCUT2D eigenvalue weighted by molar-refractivity contribution is 8.26. The average Bonchev–Trinajstić information content (AvgIpc) is 3.01. The van der Waals surface area contributed by atoms with Gasteiger partial charge < -0.3 is 4.74 Å². The lowest BCUT2D eigenvalue weighted by Gasteiger charge is -2.20. The first-order chi connectivity index (χ1) is 11.4. The van der Waals surface area contributed by atoms with Crippen molar-refractivity contribution < 1.29 is 17.9 Å². The molecule has 8 heteroatoms. The van der Waals surface area contributed by atoms with Crippen molar-refractivity contribution >= 4 is 50.1 Å². The van der Waals surface area contributed by atoms with Crippen LogP contribution in [0.15, 0.2) is 29.2 Å². The van der Waals surface area contributed by atoms with Gasteiger partial charge in [0.25, 0.3) is 5.91 Å². The summed E-state index contributed by atoms with van der Waals surface area (Å²) in [5, 5.41) is 0. The molecular weight excluding hydrogens is 366 g/mol. The van der Waals surface area contributed by atoms with Crippen LogP contribution in [0.4, 0.5) is 0 Å². The van der Waals surface area contributed by atoms with Gasteiger partial charge in [-0.1, -0.05) is 42.2 Å². The Balaban J connectivity index is 1.87. The molecule has 0 saturated carbocycles. The minimum absolute atomic E-state index is 0.0117. The summed E-state index contributed by atoms with van der Waals surface area (Å²) in [6.07, 6.45) is 2.20. The number of hydrogen-bond acceptors (Lipinski definition) is 6. The monoisotopic (exact) mass is 383 g/mol. The Morgan fingerprint density at radius 1 is 1.42 bits per heavy atom. The van der Waals surface area contributed by atoms with Crippen LogP contribution in [0, 0.1) is 0 Å². The van der Waals surface area contributed by atoms with Crippen molar-refractivity contribution in [1.29, 1.82) is 0 Å². The third-order valence-electron chi connectivity index (χ3n) is 3.90. The highest BCUT2D eigenvalue weighted by Crippen LogP contribution is 2.37. The molecule has 0 bridgehead atoms. The molecule has 0 N–H and O–H groups in total. The fourth-order valence-corrected chi connectivity index (χ4v) is 5.89. The first-order valence-corrected chi connectivity index (χ1v) is 10.6. The maximum absolute atomic E-state index is 12.7. The van der Waals surface area contributed by atoms with Crippen LogP contribution in [0.1, 0.15) is 18.9 Å². The van der Waals surface area contributed by atoms with Crippen LogP contribution in [-0.2, 0) is 14.6 Å². The molecular formula is C16H17NO4S3. The van der Waals surface area contributed by atoms with Crippen LogP contribution in [0.2, 0.25) is 0 Å². The lowest BCUT2D eigenvalue weighted by molar-refractivity contribution is -0.123. The molecule has 2 aliphatic rings. The highest BCUT2D eigenvalue weighted by atomic mass is 32.2. The van der Waals surface area contributed by atoms with Crippen LogP contribution < -0.4 is 4.74 Å². The third kappa shape index (κ3) is 3.50. The van der Waals surface area contributed by atoms with Gasteiger partial charge in [0, 0.05) is 5.56 Å². The fourth-order valence-electron chi connectivity index (χ4n) is 2.80. The molecule has 2 heterocycles. The first-order valence-electron chi connectivity index (χ1n) is 7.60. The number of carbonyl (C=O) groups excluding carboxylic acids is 1. The van der Waals surface area contributed by atoms with Crippen molar-refractivity contribution in [2.24, 2.45) is 0 Å². The van der Waals surface area contributed by atoms with Gasteiger partial charge in [-0.15, -0.1) is 0 Å². The zero-order valence-electron chi connectivity index (χ0n) is 13.1. The zero-order valence-corrected chi connectivity index (χ0v) is 15.5. The van der Waals surface area contributed by atoms with Crippen LogP contribution >= 0.6 is 24.0 Å². The SMILES string of the molecule is CCOc1ccccc1/C=C1\SC(=S)N([C@H]2CCS(=O)(=O)C2)C1=O. The Morgan fingerprint density at radius 3 is 2.83 bits per heavy atom. The van der Waals surface area contributed by atoms with Gasteiger partial charge in [0.15, 0.2) is 9.84 Å². The summed E-state index contributed by atoms with van der Waals surface area (Å²) in [5.74, 6) is 0.579. The molecule has 5 nitrogen and oxygen atoms in total. The lowest BCUT2D eigenvalue weighted by Crippen LogP contribution is -2.39. The molecule has 128 valence electrons. The zero-order chi connectivity index (χ0) is 17.3. The molecule has 1 aromatic carbocycles. The van der Waals surface area contributed by atoms with Crippen molar-refractivity contribution in [2.45, 2.75) is 19.4 Å². The Morgan fingerprint density at radius 2 is 2.17 bits per heavy atom. The highest BCUT2D eigenvalue weighted by Gasteiger charge is 2.42. The van der Waals surface area contributed by atoms with Crippen LogP contribution in [0.3, 0.4) is 0 Å². The normalized spacial score (nSPS) is 24.8. The fraction of sp³-hybridized carbons (Fsp3) is 0.375. The largest absolute Gasteiger partial charge is 0.493 e. The Labute approximate surface area is 151 Å². The summed E-state index contributed by atoms with van der Waals surface area (Å²) in [6.45, 7) is 2.43. The van der Waals surface area contributed by atoms with Crippen molar-refractivity contribution in [3.63, 3.8) is 0 Å². The van der Waals surface area contributed by atoms with E-state index in [-0.39, 0.29) is 23.5 Å². The number of para-hydroxylation sites is 1. The second-order valence-electron chi connectivity index (χ2n) is 5.58. The van der Waals surface area contributed by atoms with Crippen LogP contribution in [0.25, 0.3) is 6.08 Å². The van der Waals surface area contributed by atoms with Gasteiger partial charge in [-0.05, 0) is 25.5 Å². The third-order valence-corrected chi connectivity index (χ3v) is 6.98.